The van der Waals surface area contributed by atoms with Gasteiger partial charge in [-0.2, -0.15) is 4.98 Å². The second-order valence-electron chi connectivity index (χ2n) is 3.61. The molecule has 1 atom stereocenters. The van der Waals surface area contributed by atoms with Crippen LogP contribution in [0.5, 0.6) is 0 Å². The number of benzene rings is 1. The van der Waals surface area contributed by atoms with Crippen molar-refractivity contribution in [1.82, 2.24) is 10.1 Å². The minimum atomic E-state index is -0.225. The summed E-state index contributed by atoms with van der Waals surface area (Å²) in [5, 5.41) is 3.87. The van der Waals surface area contributed by atoms with Gasteiger partial charge in [0.05, 0.1) is 6.04 Å². The molecule has 15 heavy (non-hydrogen) atoms. The topological polar surface area (TPSA) is 64.9 Å². The maximum Gasteiger partial charge on any atom is 0.243 e. The van der Waals surface area contributed by atoms with Crippen LogP contribution in [0.25, 0.3) is 11.4 Å². The molecule has 0 radical (unpaired) electrons. The van der Waals surface area contributed by atoms with Gasteiger partial charge in [0.1, 0.15) is 0 Å². The highest BCUT2D eigenvalue weighted by Crippen LogP contribution is 2.17. The first-order valence-electron chi connectivity index (χ1n) is 4.83. The summed E-state index contributed by atoms with van der Waals surface area (Å²) in [6.07, 6.45) is 0. The summed E-state index contributed by atoms with van der Waals surface area (Å²) in [5.74, 6) is 1.05. The van der Waals surface area contributed by atoms with E-state index in [1.54, 1.807) is 0 Å². The predicted molar refractivity (Wildman–Crippen MR) is 57.1 cm³/mol. The van der Waals surface area contributed by atoms with E-state index in [2.05, 4.69) is 10.1 Å². The van der Waals surface area contributed by atoms with Crippen molar-refractivity contribution >= 4 is 0 Å². The third-order valence-corrected chi connectivity index (χ3v) is 2.14. The molecule has 4 heteroatoms. The molecule has 1 unspecified atom stereocenters. The Morgan fingerprint density at radius 3 is 2.47 bits per heavy atom. The molecular formula is C11H13N3O. The molecule has 1 heterocycles. The van der Waals surface area contributed by atoms with Crippen LogP contribution in [0.4, 0.5) is 0 Å². The van der Waals surface area contributed by atoms with Crippen LogP contribution in [0, 0.1) is 6.92 Å². The monoisotopic (exact) mass is 203 g/mol. The number of hydrogen-bond acceptors (Lipinski definition) is 4. The normalized spacial score (nSPS) is 12.7. The first kappa shape index (κ1) is 9.86. The minimum Gasteiger partial charge on any atom is -0.337 e. The molecule has 0 aliphatic rings. The fourth-order valence-corrected chi connectivity index (χ4v) is 1.24. The first-order valence-corrected chi connectivity index (χ1v) is 4.83. The van der Waals surface area contributed by atoms with Crippen molar-refractivity contribution in [2.24, 2.45) is 5.73 Å². The second kappa shape index (κ2) is 3.82. The van der Waals surface area contributed by atoms with Crippen molar-refractivity contribution < 1.29 is 4.52 Å². The van der Waals surface area contributed by atoms with Gasteiger partial charge in [-0.1, -0.05) is 35.0 Å². The molecule has 1 aromatic carbocycles. The lowest BCUT2D eigenvalue weighted by atomic mass is 10.1. The molecule has 0 bridgehead atoms. The Labute approximate surface area is 88.1 Å². The predicted octanol–water partition coefficient (Wildman–Crippen LogP) is 2.06. The number of aryl methyl sites for hydroxylation is 1. The van der Waals surface area contributed by atoms with Crippen LogP contribution in [0.1, 0.15) is 24.4 Å². The molecule has 4 nitrogen and oxygen atoms in total. The van der Waals surface area contributed by atoms with Gasteiger partial charge in [0.15, 0.2) is 0 Å². The quantitative estimate of drug-likeness (QED) is 0.811. The summed E-state index contributed by atoms with van der Waals surface area (Å²) < 4.78 is 5.02. The van der Waals surface area contributed by atoms with Gasteiger partial charge in [0, 0.05) is 5.56 Å². The highest BCUT2D eigenvalue weighted by atomic mass is 16.5. The Kier molecular flexibility index (Phi) is 2.51. The van der Waals surface area contributed by atoms with E-state index in [1.165, 1.54) is 5.56 Å². The summed E-state index contributed by atoms with van der Waals surface area (Å²) >= 11 is 0. The van der Waals surface area contributed by atoms with E-state index < -0.39 is 0 Å². The number of hydrogen-bond donors (Lipinski definition) is 1. The van der Waals surface area contributed by atoms with E-state index in [1.807, 2.05) is 38.1 Å². The van der Waals surface area contributed by atoms with Gasteiger partial charge in [0.25, 0.3) is 0 Å². The molecule has 0 spiro atoms. The largest absolute Gasteiger partial charge is 0.337 e. The maximum atomic E-state index is 5.63. The van der Waals surface area contributed by atoms with Gasteiger partial charge >= 0.3 is 0 Å². The van der Waals surface area contributed by atoms with Crippen molar-refractivity contribution in [2.45, 2.75) is 19.9 Å². The molecule has 1 aromatic heterocycles. The van der Waals surface area contributed by atoms with Crippen LogP contribution in [0.2, 0.25) is 0 Å². The van der Waals surface area contributed by atoms with Gasteiger partial charge in [-0.05, 0) is 13.8 Å². The molecule has 78 valence electrons. The average Bonchev–Trinajstić information content (AvgIpc) is 2.68. The zero-order valence-corrected chi connectivity index (χ0v) is 8.77. The number of rotatable bonds is 2. The van der Waals surface area contributed by atoms with Crippen molar-refractivity contribution in [3.8, 4) is 11.4 Å². The Balaban J connectivity index is 2.33. The fraction of sp³-hybridized carbons (Fsp3) is 0.273. The standard InChI is InChI=1S/C11H13N3O/c1-7-3-5-9(6-4-7)10-13-11(8(2)12)15-14-10/h3-6,8H,12H2,1-2H3. The maximum absolute atomic E-state index is 5.63. The summed E-state index contributed by atoms with van der Waals surface area (Å²) in [5.41, 5.74) is 7.78. The van der Waals surface area contributed by atoms with Crippen LogP contribution in [0.3, 0.4) is 0 Å². The van der Waals surface area contributed by atoms with Crippen molar-refractivity contribution in [3.63, 3.8) is 0 Å². The van der Waals surface area contributed by atoms with Crippen LogP contribution >= 0.6 is 0 Å². The van der Waals surface area contributed by atoms with Crippen molar-refractivity contribution in [2.75, 3.05) is 0 Å². The van der Waals surface area contributed by atoms with Crippen LogP contribution in [0.15, 0.2) is 28.8 Å². The number of nitrogens with two attached hydrogens (primary N) is 1. The Hall–Kier alpha value is -1.68. The average molecular weight is 203 g/mol. The third-order valence-electron chi connectivity index (χ3n) is 2.14. The molecule has 0 fully saturated rings. The van der Waals surface area contributed by atoms with Crippen LogP contribution < -0.4 is 5.73 Å². The highest BCUT2D eigenvalue weighted by Gasteiger charge is 2.10. The second-order valence-corrected chi connectivity index (χ2v) is 3.61. The summed E-state index contributed by atoms with van der Waals surface area (Å²) in [4.78, 5) is 4.21. The highest BCUT2D eigenvalue weighted by molar-refractivity contribution is 5.54. The first-order chi connectivity index (χ1) is 7.16. The van der Waals surface area contributed by atoms with E-state index in [-0.39, 0.29) is 6.04 Å². The lowest BCUT2D eigenvalue weighted by molar-refractivity contribution is 0.362. The zero-order chi connectivity index (χ0) is 10.8. The summed E-state index contributed by atoms with van der Waals surface area (Å²) in [6, 6.07) is 7.72. The molecule has 0 amide bonds. The van der Waals surface area contributed by atoms with Gasteiger partial charge in [-0.25, -0.2) is 0 Å². The molecule has 0 aliphatic heterocycles. The van der Waals surface area contributed by atoms with E-state index in [9.17, 15) is 0 Å². The van der Waals surface area contributed by atoms with Gasteiger partial charge in [0.2, 0.25) is 11.7 Å². The van der Waals surface area contributed by atoms with E-state index in [4.69, 9.17) is 10.3 Å². The molecule has 2 rings (SSSR count). The van der Waals surface area contributed by atoms with E-state index >= 15 is 0 Å². The lowest BCUT2D eigenvalue weighted by Crippen LogP contribution is -2.04. The van der Waals surface area contributed by atoms with Crippen LogP contribution in [-0.2, 0) is 0 Å². The number of aromatic nitrogens is 2. The van der Waals surface area contributed by atoms with E-state index in [0.717, 1.165) is 5.56 Å². The SMILES string of the molecule is Cc1ccc(-c2noc(C(C)N)n2)cc1. The number of nitrogens with zero attached hydrogens (tertiary/aromatic N) is 2. The third kappa shape index (κ3) is 2.05. The van der Waals surface area contributed by atoms with E-state index in [0.29, 0.717) is 11.7 Å². The Morgan fingerprint density at radius 1 is 1.27 bits per heavy atom. The Morgan fingerprint density at radius 2 is 1.93 bits per heavy atom. The molecule has 0 aliphatic carbocycles. The zero-order valence-electron chi connectivity index (χ0n) is 8.77. The summed E-state index contributed by atoms with van der Waals surface area (Å²) in [6.45, 7) is 3.85. The van der Waals surface area contributed by atoms with Gasteiger partial charge in [-0.3, -0.25) is 0 Å². The molecular weight excluding hydrogens is 190 g/mol. The van der Waals surface area contributed by atoms with Crippen LogP contribution in [-0.4, -0.2) is 10.1 Å². The van der Waals surface area contributed by atoms with Gasteiger partial charge in [-0.15, -0.1) is 0 Å². The molecule has 0 saturated heterocycles. The molecule has 2 aromatic rings. The van der Waals surface area contributed by atoms with Crippen molar-refractivity contribution in [1.29, 1.82) is 0 Å². The van der Waals surface area contributed by atoms with Crippen molar-refractivity contribution in [3.05, 3.63) is 35.7 Å². The van der Waals surface area contributed by atoms with Gasteiger partial charge < -0.3 is 10.3 Å². The molecule has 0 saturated carbocycles. The fourth-order valence-electron chi connectivity index (χ4n) is 1.24. The summed E-state index contributed by atoms with van der Waals surface area (Å²) in [7, 11) is 0. The minimum absolute atomic E-state index is 0.225. The Bertz CT molecular complexity index is 445. The lowest BCUT2D eigenvalue weighted by Gasteiger charge is -1.95. The molecule has 2 N–H and O–H groups in total. The smallest absolute Gasteiger partial charge is 0.243 e.